The first-order chi connectivity index (χ1) is 17.7. The van der Waals surface area contributed by atoms with Crippen molar-refractivity contribution in [2.45, 2.75) is 18.9 Å². The Balaban J connectivity index is 1.90. The smallest absolute Gasteiger partial charge is 0.254 e. The molecule has 194 valence electrons. The molecule has 3 aromatic rings. The number of aryl methyl sites for hydroxylation is 1. The van der Waals surface area contributed by atoms with Gasteiger partial charge in [-0.1, -0.05) is 12.1 Å². The summed E-state index contributed by atoms with van der Waals surface area (Å²) in [5, 5.41) is 2.83. The Labute approximate surface area is 214 Å². The van der Waals surface area contributed by atoms with Crippen LogP contribution in [0.1, 0.15) is 39.0 Å². The molecular formula is C28H29FN2O6. The fraction of sp³-hybridized carbons (Fsp3) is 0.286. The average Bonchev–Trinajstić information content (AvgIpc) is 2.91. The maximum absolute atomic E-state index is 14.2. The van der Waals surface area contributed by atoms with Gasteiger partial charge in [-0.25, -0.2) is 4.39 Å². The summed E-state index contributed by atoms with van der Waals surface area (Å²) in [6.07, 6.45) is 0. The number of carbonyl (C=O) groups excluding carboxylic acids is 2. The van der Waals surface area contributed by atoms with Crippen molar-refractivity contribution in [2.75, 3.05) is 40.8 Å². The molecule has 0 fully saturated rings. The number of nitrogens with one attached hydrogen (secondary N) is 1. The molecule has 9 heteroatoms. The quantitative estimate of drug-likeness (QED) is 0.497. The molecule has 2 amide bonds. The van der Waals surface area contributed by atoms with Gasteiger partial charge in [0.1, 0.15) is 5.82 Å². The maximum Gasteiger partial charge on any atom is 0.254 e. The second kappa shape index (κ2) is 10.4. The number of likely N-dealkylation sites (N-methyl/N-ethyl adjacent to an activating group) is 1. The van der Waals surface area contributed by atoms with Gasteiger partial charge in [0.25, 0.3) is 5.91 Å². The lowest BCUT2D eigenvalue weighted by molar-refractivity contribution is -0.119. The van der Waals surface area contributed by atoms with Crippen molar-refractivity contribution in [2.24, 2.45) is 0 Å². The molecule has 8 nitrogen and oxygen atoms in total. The fourth-order valence-electron chi connectivity index (χ4n) is 4.68. The van der Waals surface area contributed by atoms with Gasteiger partial charge in [-0.15, -0.1) is 0 Å². The molecule has 1 aliphatic rings. The normalized spacial score (nSPS) is 16.6. The minimum atomic E-state index is -0.875. The van der Waals surface area contributed by atoms with E-state index in [1.165, 1.54) is 39.4 Å². The fourth-order valence-corrected chi connectivity index (χ4v) is 4.68. The largest absolute Gasteiger partial charge is 0.493 e. The van der Waals surface area contributed by atoms with Crippen LogP contribution in [-0.2, 0) is 4.79 Å². The van der Waals surface area contributed by atoms with Crippen molar-refractivity contribution in [3.8, 4) is 23.0 Å². The summed E-state index contributed by atoms with van der Waals surface area (Å²) >= 11 is 0. The van der Waals surface area contributed by atoms with E-state index in [4.69, 9.17) is 18.9 Å². The molecular weight excluding hydrogens is 479 g/mol. The third-order valence-corrected chi connectivity index (χ3v) is 6.65. The number of hydrogen-bond acceptors (Lipinski definition) is 6. The summed E-state index contributed by atoms with van der Waals surface area (Å²) in [5.74, 6) is -0.303. The summed E-state index contributed by atoms with van der Waals surface area (Å²) in [6.45, 7) is 1.64. The number of hydrogen-bond donors (Lipinski definition) is 1. The first-order valence-corrected chi connectivity index (χ1v) is 11.6. The lowest BCUT2D eigenvalue weighted by atomic mass is 9.79. The van der Waals surface area contributed by atoms with Crippen molar-refractivity contribution < 1.29 is 32.9 Å². The van der Waals surface area contributed by atoms with Crippen LogP contribution in [0.3, 0.4) is 0 Å². The van der Waals surface area contributed by atoms with Gasteiger partial charge in [0.15, 0.2) is 23.0 Å². The molecule has 1 aliphatic heterocycles. The lowest BCUT2D eigenvalue weighted by Crippen LogP contribution is -2.44. The summed E-state index contributed by atoms with van der Waals surface area (Å²) in [5.41, 5.74) is 2.20. The summed E-state index contributed by atoms with van der Waals surface area (Å²) in [7, 11) is 7.64. The van der Waals surface area contributed by atoms with Crippen LogP contribution in [-0.4, -0.2) is 52.2 Å². The second-order valence-corrected chi connectivity index (χ2v) is 8.70. The third kappa shape index (κ3) is 4.64. The van der Waals surface area contributed by atoms with E-state index in [9.17, 15) is 14.0 Å². The zero-order valence-electron chi connectivity index (χ0n) is 21.5. The van der Waals surface area contributed by atoms with Crippen LogP contribution in [0.15, 0.2) is 48.5 Å². The van der Waals surface area contributed by atoms with E-state index in [0.717, 1.165) is 0 Å². The van der Waals surface area contributed by atoms with Gasteiger partial charge in [-0.2, -0.15) is 0 Å². The van der Waals surface area contributed by atoms with Crippen molar-refractivity contribution in [1.82, 2.24) is 4.90 Å². The molecule has 2 atom stereocenters. The van der Waals surface area contributed by atoms with E-state index >= 15 is 0 Å². The number of ether oxygens (including phenoxy) is 4. The number of anilines is 1. The number of carbonyl (C=O) groups is 2. The number of nitrogens with zero attached hydrogens (tertiary/aromatic N) is 1. The highest BCUT2D eigenvalue weighted by atomic mass is 19.1. The van der Waals surface area contributed by atoms with Crippen molar-refractivity contribution >= 4 is 17.5 Å². The van der Waals surface area contributed by atoms with Crippen LogP contribution < -0.4 is 24.3 Å². The van der Waals surface area contributed by atoms with Gasteiger partial charge >= 0.3 is 0 Å². The molecule has 37 heavy (non-hydrogen) atoms. The Morgan fingerprint density at radius 3 is 2.11 bits per heavy atom. The zero-order chi connectivity index (χ0) is 26.9. The Morgan fingerprint density at radius 1 is 0.865 bits per heavy atom. The molecule has 4 rings (SSSR count). The van der Waals surface area contributed by atoms with Crippen LogP contribution >= 0.6 is 0 Å². The van der Waals surface area contributed by atoms with Crippen LogP contribution in [0.2, 0.25) is 0 Å². The maximum atomic E-state index is 14.2. The Kier molecular flexibility index (Phi) is 7.24. The third-order valence-electron chi connectivity index (χ3n) is 6.65. The standard InChI is InChI=1S/C28H29FN2O6/c1-15-7-9-17(12-20(15)29)30-27(32)25-18-13-23(36-5)24(37-6)14-19(18)28(33)31(2)26(25)16-8-10-21(34-3)22(11-16)35-4/h7-14,25-26H,1-6H3,(H,30,32)/t25-,26+/m1/s1. The van der Waals surface area contributed by atoms with E-state index in [0.29, 0.717) is 50.9 Å². The Bertz CT molecular complexity index is 1360. The van der Waals surface area contributed by atoms with Gasteiger partial charge in [0.05, 0.1) is 40.4 Å². The minimum absolute atomic E-state index is 0.291. The monoisotopic (exact) mass is 508 g/mol. The van der Waals surface area contributed by atoms with Crippen molar-refractivity contribution in [3.05, 3.63) is 76.6 Å². The van der Waals surface area contributed by atoms with Crippen LogP contribution in [0, 0.1) is 12.7 Å². The molecule has 1 N–H and O–H groups in total. The molecule has 0 bridgehead atoms. The van der Waals surface area contributed by atoms with Crippen LogP contribution in [0.4, 0.5) is 10.1 Å². The minimum Gasteiger partial charge on any atom is -0.493 e. The summed E-state index contributed by atoms with van der Waals surface area (Å²) in [4.78, 5) is 29.0. The highest BCUT2D eigenvalue weighted by Crippen LogP contribution is 2.47. The summed E-state index contributed by atoms with van der Waals surface area (Å²) < 4.78 is 36.0. The van der Waals surface area contributed by atoms with Gasteiger partial charge in [-0.05, 0) is 60.0 Å². The zero-order valence-corrected chi connectivity index (χ0v) is 21.5. The van der Waals surface area contributed by atoms with E-state index < -0.39 is 23.7 Å². The highest BCUT2D eigenvalue weighted by molar-refractivity contribution is 6.05. The molecule has 0 aliphatic carbocycles. The molecule has 0 aromatic heterocycles. The predicted octanol–water partition coefficient (Wildman–Crippen LogP) is 4.72. The molecule has 0 spiro atoms. The predicted molar refractivity (Wildman–Crippen MR) is 136 cm³/mol. The molecule has 0 radical (unpaired) electrons. The lowest BCUT2D eigenvalue weighted by Gasteiger charge is -2.40. The second-order valence-electron chi connectivity index (χ2n) is 8.70. The van der Waals surface area contributed by atoms with Crippen molar-refractivity contribution in [1.29, 1.82) is 0 Å². The van der Waals surface area contributed by atoms with Gasteiger partial charge < -0.3 is 29.2 Å². The Hall–Kier alpha value is -4.27. The van der Waals surface area contributed by atoms with E-state index in [-0.39, 0.29) is 5.91 Å². The van der Waals surface area contributed by atoms with E-state index in [1.807, 2.05) is 0 Å². The molecule has 0 saturated heterocycles. The highest BCUT2D eigenvalue weighted by Gasteiger charge is 2.44. The number of benzene rings is 3. The number of halogens is 1. The molecule has 1 heterocycles. The molecule has 0 unspecified atom stereocenters. The number of amides is 2. The Morgan fingerprint density at radius 2 is 1.49 bits per heavy atom. The van der Waals surface area contributed by atoms with Crippen LogP contribution in [0.25, 0.3) is 0 Å². The first-order valence-electron chi connectivity index (χ1n) is 11.6. The topological polar surface area (TPSA) is 86.3 Å². The SMILES string of the molecule is COc1ccc([C@H]2[C@H](C(=O)Nc3ccc(C)c(F)c3)c3cc(OC)c(OC)cc3C(=O)N2C)cc1OC. The molecule has 0 saturated carbocycles. The number of rotatable bonds is 7. The number of methoxy groups -OCH3 is 4. The number of fused-ring (bicyclic) bond motifs is 1. The average molecular weight is 509 g/mol. The van der Waals surface area contributed by atoms with Crippen LogP contribution in [0.5, 0.6) is 23.0 Å². The molecule has 3 aromatic carbocycles. The van der Waals surface area contributed by atoms with Crippen molar-refractivity contribution in [3.63, 3.8) is 0 Å². The van der Waals surface area contributed by atoms with E-state index in [2.05, 4.69) is 5.32 Å². The van der Waals surface area contributed by atoms with Gasteiger partial charge in [0.2, 0.25) is 5.91 Å². The van der Waals surface area contributed by atoms with Gasteiger partial charge in [-0.3, -0.25) is 9.59 Å². The van der Waals surface area contributed by atoms with Gasteiger partial charge in [0, 0.05) is 18.3 Å². The van der Waals surface area contributed by atoms with E-state index in [1.54, 1.807) is 56.4 Å². The first kappa shape index (κ1) is 25.8. The summed E-state index contributed by atoms with van der Waals surface area (Å²) in [6, 6.07) is 12.2.